The average Bonchev–Trinajstić information content (AvgIpc) is 3.38. The van der Waals surface area contributed by atoms with Gasteiger partial charge in [0.1, 0.15) is 17.7 Å². The van der Waals surface area contributed by atoms with Gasteiger partial charge in [-0.1, -0.05) is 0 Å². The summed E-state index contributed by atoms with van der Waals surface area (Å²) in [5.74, 6) is 0.960. The van der Waals surface area contributed by atoms with Crippen molar-refractivity contribution < 1.29 is 13.9 Å². The lowest BCUT2D eigenvalue weighted by molar-refractivity contribution is 0.0859. The number of nitrogens with zero attached hydrogens (tertiary/aromatic N) is 5. The lowest BCUT2D eigenvalue weighted by atomic mass is 9.82. The Morgan fingerprint density at radius 2 is 2.06 bits per heavy atom. The first-order valence-electron chi connectivity index (χ1n) is 10.4. The second-order valence-electron chi connectivity index (χ2n) is 9.12. The van der Waals surface area contributed by atoms with Gasteiger partial charge in [-0.15, -0.1) is 10.2 Å². The molecule has 2 aliphatic rings. The van der Waals surface area contributed by atoms with Gasteiger partial charge >= 0.3 is 0 Å². The van der Waals surface area contributed by atoms with E-state index >= 15 is 4.39 Å². The Morgan fingerprint density at radius 3 is 2.74 bits per heavy atom. The fraction of sp³-hybridized carbons (Fsp3) is 0.455. The molecule has 0 saturated carbocycles. The van der Waals surface area contributed by atoms with Gasteiger partial charge in [-0.3, -0.25) is 4.98 Å². The molecule has 4 atom stereocenters. The van der Waals surface area contributed by atoms with E-state index in [4.69, 9.17) is 4.42 Å². The maximum Gasteiger partial charge on any atom is 0.247 e. The van der Waals surface area contributed by atoms with Crippen LogP contribution in [0.2, 0.25) is 0 Å². The van der Waals surface area contributed by atoms with E-state index < -0.39 is 11.7 Å². The number of fused-ring (bicyclic) bond motifs is 2. The third-order valence-corrected chi connectivity index (χ3v) is 6.77. The number of hydrogen-bond acceptors (Lipinski definition) is 8. The van der Waals surface area contributed by atoms with E-state index in [1.807, 2.05) is 18.9 Å². The zero-order chi connectivity index (χ0) is 21.8. The molecule has 1 aromatic carbocycles. The Kier molecular flexibility index (Phi) is 4.47. The van der Waals surface area contributed by atoms with Gasteiger partial charge in [0.15, 0.2) is 0 Å². The molecule has 0 unspecified atom stereocenters. The predicted molar refractivity (Wildman–Crippen MR) is 113 cm³/mol. The zero-order valence-electron chi connectivity index (χ0n) is 17.7. The minimum atomic E-state index is -1.00. The van der Waals surface area contributed by atoms with Crippen LogP contribution in [0.4, 0.5) is 10.2 Å². The number of phenolic OH excluding ortho intramolecular Hbond substituents is 1. The molecule has 8 nitrogen and oxygen atoms in total. The van der Waals surface area contributed by atoms with E-state index in [2.05, 4.69) is 32.4 Å². The zero-order valence-corrected chi connectivity index (χ0v) is 17.7. The summed E-state index contributed by atoms with van der Waals surface area (Å²) in [6, 6.07) is 4.77. The van der Waals surface area contributed by atoms with Gasteiger partial charge in [0.25, 0.3) is 0 Å². The summed E-state index contributed by atoms with van der Waals surface area (Å²) in [6.45, 7) is 4.14. The van der Waals surface area contributed by atoms with E-state index in [1.54, 1.807) is 30.6 Å². The van der Waals surface area contributed by atoms with Crippen molar-refractivity contribution >= 4 is 5.82 Å². The number of benzene rings is 1. The Bertz CT molecular complexity index is 1090. The van der Waals surface area contributed by atoms with Crippen LogP contribution in [0.1, 0.15) is 33.1 Å². The maximum absolute atomic E-state index is 15.4. The van der Waals surface area contributed by atoms with Crippen molar-refractivity contribution in [1.82, 2.24) is 25.5 Å². The summed E-state index contributed by atoms with van der Waals surface area (Å²) in [6.07, 6.45) is 5.97. The Morgan fingerprint density at radius 1 is 1.23 bits per heavy atom. The van der Waals surface area contributed by atoms with Crippen LogP contribution < -0.4 is 10.2 Å². The molecule has 5 rings (SSSR count). The topological polar surface area (TPSA) is 100 Å². The summed E-state index contributed by atoms with van der Waals surface area (Å²) >= 11 is 0. The highest BCUT2D eigenvalue weighted by atomic mass is 19.1. The molecule has 3 aromatic rings. The van der Waals surface area contributed by atoms with E-state index in [1.165, 1.54) is 6.39 Å². The number of nitrogens with one attached hydrogen (secondary N) is 1. The number of aromatic nitrogens is 4. The first-order chi connectivity index (χ1) is 14.8. The molecule has 31 heavy (non-hydrogen) atoms. The van der Waals surface area contributed by atoms with Crippen LogP contribution in [0.3, 0.4) is 0 Å². The number of rotatable bonds is 4. The Labute approximate surface area is 179 Å². The smallest absolute Gasteiger partial charge is 0.247 e. The molecule has 0 amide bonds. The monoisotopic (exact) mass is 424 g/mol. The largest absolute Gasteiger partial charge is 0.507 e. The van der Waals surface area contributed by atoms with Crippen LogP contribution in [0.25, 0.3) is 22.7 Å². The van der Waals surface area contributed by atoms with Crippen molar-refractivity contribution in [3.8, 4) is 28.5 Å². The number of aromatic hydroxyl groups is 1. The number of hydrogen-bond donors (Lipinski definition) is 2. The average molecular weight is 424 g/mol. The van der Waals surface area contributed by atoms with Gasteiger partial charge in [0.2, 0.25) is 12.3 Å². The third kappa shape index (κ3) is 3.33. The molecule has 4 heterocycles. The maximum atomic E-state index is 15.4. The molecule has 2 aliphatic heterocycles. The van der Waals surface area contributed by atoms with Crippen molar-refractivity contribution in [2.75, 3.05) is 11.9 Å². The highest BCUT2D eigenvalue weighted by molar-refractivity contribution is 5.71. The molecular formula is C22H25FN6O2. The summed E-state index contributed by atoms with van der Waals surface area (Å²) in [5.41, 5.74) is 1.10. The molecule has 0 spiro atoms. The molecule has 2 saturated heterocycles. The summed E-state index contributed by atoms with van der Waals surface area (Å²) in [4.78, 5) is 10.9. The van der Waals surface area contributed by atoms with Crippen molar-refractivity contribution in [3.05, 3.63) is 37.0 Å². The molecule has 2 fully saturated rings. The van der Waals surface area contributed by atoms with Gasteiger partial charge in [0.05, 0.1) is 24.1 Å². The minimum absolute atomic E-state index is 0.0331. The Balaban J connectivity index is 1.38. The van der Waals surface area contributed by atoms with Crippen molar-refractivity contribution in [2.24, 2.45) is 0 Å². The molecule has 2 aromatic heterocycles. The van der Waals surface area contributed by atoms with Crippen molar-refractivity contribution in [1.29, 1.82) is 0 Å². The second-order valence-corrected chi connectivity index (χ2v) is 9.12. The number of halogens is 1. The first kappa shape index (κ1) is 19.9. The van der Waals surface area contributed by atoms with Crippen molar-refractivity contribution in [3.63, 3.8) is 0 Å². The van der Waals surface area contributed by atoms with E-state index in [9.17, 15) is 5.11 Å². The predicted octanol–water partition coefficient (Wildman–Crippen LogP) is 3.35. The fourth-order valence-corrected chi connectivity index (χ4v) is 5.03. The van der Waals surface area contributed by atoms with Crippen LogP contribution in [0.5, 0.6) is 5.75 Å². The molecule has 2 N–H and O–H groups in total. The van der Waals surface area contributed by atoms with Crippen LogP contribution in [0.15, 0.2) is 41.4 Å². The number of alkyl halides is 1. The number of piperidine rings is 1. The summed E-state index contributed by atoms with van der Waals surface area (Å²) < 4.78 is 20.5. The minimum Gasteiger partial charge on any atom is -0.507 e. The van der Waals surface area contributed by atoms with E-state index in [-0.39, 0.29) is 17.3 Å². The summed E-state index contributed by atoms with van der Waals surface area (Å²) in [7, 11) is 1.87. The van der Waals surface area contributed by atoms with Crippen molar-refractivity contribution in [2.45, 2.75) is 56.4 Å². The lowest BCUT2D eigenvalue weighted by Gasteiger charge is -2.47. The highest BCUT2D eigenvalue weighted by Gasteiger charge is 2.56. The molecule has 162 valence electrons. The highest BCUT2D eigenvalue weighted by Crippen LogP contribution is 2.45. The molecule has 0 radical (unpaired) electrons. The van der Waals surface area contributed by atoms with E-state index in [0.717, 1.165) is 12.8 Å². The van der Waals surface area contributed by atoms with Gasteiger partial charge in [-0.05, 0) is 51.3 Å². The van der Waals surface area contributed by atoms with Crippen LogP contribution in [-0.2, 0) is 0 Å². The summed E-state index contributed by atoms with van der Waals surface area (Å²) in [5, 5.41) is 21.4. The number of phenols is 1. The van der Waals surface area contributed by atoms with Crippen LogP contribution >= 0.6 is 0 Å². The van der Waals surface area contributed by atoms with Crippen LogP contribution in [-0.4, -0.2) is 55.6 Å². The number of anilines is 1. The van der Waals surface area contributed by atoms with Gasteiger partial charge in [0, 0.05) is 29.3 Å². The Hall–Kier alpha value is -3.07. The lowest BCUT2D eigenvalue weighted by Crippen LogP contribution is -2.65. The fourth-order valence-electron chi connectivity index (χ4n) is 5.03. The van der Waals surface area contributed by atoms with E-state index in [0.29, 0.717) is 35.0 Å². The van der Waals surface area contributed by atoms with Gasteiger partial charge in [-0.25, -0.2) is 9.37 Å². The molecule has 9 heteroatoms. The SMILES string of the molecule is CN(c1cnc(-c2ccc(-c3nnco3)cc2O)cn1)[C@@H]1C[C@@]2(C)CC[C@](C)(N2)[C@@H]1F. The third-order valence-electron chi connectivity index (χ3n) is 6.77. The van der Waals surface area contributed by atoms with Crippen LogP contribution in [0, 0.1) is 0 Å². The molecule has 0 aliphatic carbocycles. The quantitative estimate of drug-likeness (QED) is 0.658. The standard InChI is InChI=1S/C22H25FN6O2/c1-21-6-7-22(2,28-21)19(23)16(9-21)29(3)18-11-24-15(10-25-18)14-5-4-13(8-17(14)30)20-27-26-12-31-20/h4-5,8,10-12,16,19,28,30H,6-7,9H2,1-3H3/t16-,19-,21-,22+/m1/s1. The molecule has 2 bridgehead atoms. The second kappa shape index (κ2) is 6.98. The van der Waals surface area contributed by atoms with Gasteiger partial charge in [-0.2, -0.15) is 0 Å². The van der Waals surface area contributed by atoms with Gasteiger partial charge < -0.3 is 19.7 Å². The normalized spacial score (nSPS) is 29.8. The first-order valence-corrected chi connectivity index (χ1v) is 10.4. The molecular weight excluding hydrogens is 399 g/mol.